The molecule has 0 aliphatic carbocycles. The predicted molar refractivity (Wildman–Crippen MR) is 82.3 cm³/mol. The molecule has 0 spiro atoms. The van der Waals surface area contributed by atoms with Gasteiger partial charge < -0.3 is 10.2 Å². The molecule has 0 fully saturated rings. The van der Waals surface area contributed by atoms with Crippen molar-refractivity contribution >= 4 is 0 Å². The van der Waals surface area contributed by atoms with Gasteiger partial charge in [0.05, 0.1) is 0 Å². The SMILES string of the molecule is CCC(CC(C)c1ccccc1)c1ccc(O)c(O)c1. The maximum atomic E-state index is 9.65. The Bertz CT molecular complexity index is 549. The summed E-state index contributed by atoms with van der Waals surface area (Å²) in [5, 5.41) is 19.1. The van der Waals surface area contributed by atoms with Gasteiger partial charge in [-0.1, -0.05) is 50.2 Å². The van der Waals surface area contributed by atoms with Crippen LogP contribution in [0.1, 0.15) is 49.7 Å². The highest BCUT2D eigenvalue weighted by molar-refractivity contribution is 5.41. The summed E-state index contributed by atoms with van der Waals surface area (Å²) in [6, 6.07) is 15.6. The van der Waals surface area contributed by atoms with Crippen LogP contribution in [0.15, 0.2) is 48.5 Å². The molecule has 2 aromatic carbocycles. The van der Waals surface area contributed by atoms with Crippen LogP contribution in [-0.4, -0.2) is 10.2 Å². The van der Waals surface area contributed by atoms with Crippen molar-refractivity contribution in [1.82, 2.24) is 0 Å². The van der Waals surface area contributed by atoms with Crippen LogP contribution in [0.5, 0.6) is 11.5 Å². The molecule has 106 valence electrons. The summed E-state index contributed by atoms with van der Waals surface area (Å²) >= 11 is 0. The van der Waals surface area contributed by atoms with Crippen LogP contribution in [-0.2, 0) is 0 Å². The van der Waals surface area contributed by atoms with E-state index in [0.29, 0.717) is 11.8 Å². The number of phenols is 2. The molecule has 0 aromatic heterocycles. The van der Waals surface area contributed by atoms with Crippen molar-refractivity contribution in [1.29, 1.82) is 0 Å². The molecule has 2 heteroatoms. The van der Waals surface area contributed by atoms with Gasteiger partial charge in [-0.3, -0.25) is 0 Å². The second-order valence-corrected chi connectivity index (χ2v) is 5.40. The third kappa shape index (κ3) is 3.32. The lowest BCUT2D eigenvalue weighted by Crippen LogP contribution is -2.03. The zero-order valence-electron chi connectivity index (χ0n) is 12.1. The molecule has 2 nitrogen and oxygen atoms in total. The fraction of sp³-hybridized carbons (Fsp3) is 0.333. The van der Waals surface area contributed by atoms with E-state index in [0.717, 1.165) is 18.4 Å². The second-order valence-electron chi connectivity index (χ2n) is 5.40. The summed E-state index contributed by atoms with van der Waals surface area (Å²) in [7, 11) is 0. The van der Waals surface area contributed by atoms with Crippen molar-refractivity contribution in [2.45, 2.75) is 38.5 Å². The van der Waals surface area contributed by atoms with Crippen LogP contribution in [0.4, 0.5) is 0 Å². The van der Waals surface area contributed by atoms with Gasteiger partial charge in [0.1, 0.15) is 0 Å². The van der Waals surface area contributed by atoms with Crippen LogP contribution >= 0.6 is 0 Å². The molecule has 0 radical (unpaired) electrons. The number of phenolic OH excluding ortho intramolecular Hbond substituents is 2. The summed E-state index contributed by atoms with van der Waals surface area (Å²) in [5.74, 6) is 0.766. The summed E-state index contributed by atoms with van der Waals surface area (Å²) in [5.41, 5.74) is 2.43. The molecule has 0 saturated heterocycles. The second kappa shape index (κ2) is 6.47. The van der Waals surface area contributed by atoms with Crippen LogP contribution in [0.3, 0.4) is 0 Å². The van der Waals surface area contributed by atoms with E-state index >= 15 is 0 Å². The van der Waals surface area contributed by atoms with E-state index in [9.17, 15) is 10.2 Å². The van der Waals surface area contributed by atoms with Crippen molar-refractivity contribution in [3.8, 4) is 11.5 Å². The van der Waals surface area contributed by atoms with Crippen LogP contribution in [0.25, 0.3) is 0 Å². The first-order valence-electron chi connectivity index (χ1n) is 7.18. The molecule has 0 aliphatic heterocycles. The maximum absolute atomic E-state index is 9.65. The normalized spacial score (nSPS) is 13.9. The van der Waals surface area contributed by atoms with Crippen LogP contribution < -0.4 is 0 Å². The molecule has 0 amide bonds. The zero-order chi connectivity index (χ0) is 14.5. The van der Waals surface area contributed by atoms with E-state index in [2.05, 4.69) is 38.1 Å². The minimum absolute atomic E-state index is 0.0340. The Hall–Kier alpha value is -1.96. The standard InChI is InChI=1S/C18H22O2/c1-3-14(16-9-10-17(19)18(20)12-16)11-13(2)15-7-5-4-6-8-15/h4-10,12-14,19-20H,3,11H2,1-2H3. The Morgan fingerprint density at radius 3 is 2.20 bits per heavy atom. The lowest BCUT2D eigenvalue weighted by molar-refractivity contribution is 0.402. The molecule has 20 heavy (non-hydrogen) atoms. The molecule has 2 atom stereocenters. The minimum Gasteiger partial charge on any atom is -0.504 e. The number of hydrogen-bond donors (Lipinski definition) is 2. The van der Waals surface area contributed by atoms with Crippen LogP contribution in [0.2, 0.25) is 0 Å². The number of aromatic hydroxyl groups is 2. The van der Waals surface area contributed by atoms with E-state index in [4.69, 9.17) is 0 Å². The average molecular weight is 270 g/mol. The van der Waals surface area contributed by atoms with Crippen LogP contribution in [0, 0.1) is 0 Å². The summed E-state index contributed by atoms with van der Waals surface area (Å²) in [4.78, 5) is 0. The molecule has 0 saturated carbocycles. The molecule has 2 N–H and O–H groups in total. The fourth-order valence-electron chi connectivity index (χ4n) is 2.68. The van der Waals surface area contributed by atoms with Gasteiger partial charge in [-0.2, -0.15) is 0 Å². The van der Waals surface area contributed by atoms with Gasteiger partial charge in [-0.15, -0.1) is 0 Å². The fourth-order valence-corrected chi connectivity index (χ4v) is 2.68. The topological polar surface area (TPSA) is 40.5 Å². The van der Waals surface area contributed by atoms with Crippen molar-refractivity contribution in [3.05, 3.63) is 59.7 Å². The Balaban J connectivity index is 2.14. The third-order valence-corrected chi connectivity index (χ3v) is 3.97. The lowest BCUT2D eigenvalue weighted by atomic mass is 9.84. The first kappa shape index (κ1) is 14.4. The quantitative estimate of drug-likeness (QED) is 0.767. The number of benzene rings is 2. The lowest BCUT2D eigenvalue weighted by Gasteiger charge is -2.21. The van der Waals surface area contributed by atoms with Gasteiger partial charge in [0, 0.05) is 0 Å². The van der Waals surface area contributed by atoms with Crippen molar-refractivity contribution < 1.29 is 10.2 Å². The van der Waals surface area contributed by atoms with E-state index in [1.807, 2.05) is 12.1 Å². The summed E-state index contributed by atoms with van der Waals surface area (Å²) in [6.07, 6.45) is 2.05. The smallest absolute Gasteiger partial charge is 0.157 e. The highest BCUT2D eigenvalue weighted by Crippen LogP contribution is 2.35. The van der Waals surface area contributed by atoms with E-state index < -0.39 is 0 Å². The summed E-state index contributed by atoms with van der Waals surface area (Å²) in [6.45, 7) is 4.39. The third-order valence-electron chi connectivity index (χ3n) is 3.97. The zero-order valence-corrected chi connectivity index (χ0v) is 12.1. The molecule has 2 aromatic rings. The van der Waals surface area contributed by atoms with E-state index in [1.54, 1.807) is 12.1 Å². The highest BCUT2D eigenvalue weighted by atomic mass is 16.3. The molecule has 0 bridgehead atoms. The van der Waals surface area contributed by atoms with Gasteiger partial charge in [0.15, 0.2) is 11.5 Å². The van der Waals surface area contributed by atoms with E-state index in [1.165, 1.54) is 5.56 Å². The van der Waals surface area contributed by atoms with Gasteiger partial charge in [-0.05, 0) is 47.9 Å². The maximum Gasteiger partial charge on any atom is 0.157 e. The summed E-state index contributed by atoms with van der Waals surface area (Å²) < 4.78 is 0. The number of rotatable bonds is 5. The Kier molecular flexibility index (Phi) is 4.67. The Morgan fingerprint density at radius 1 is 0.900 bits per heavy atom. The predicted octanol–water partition coefficient (Wildman–Crippen LogP) is 4.79. The minimum atomic E-state index is -0.0558. The largest absolute Gasteiger partial charge is 0.504 e. The Morgan fingerprint density at radius 2 is 1.60 bits per heavy atom. The molecule has 2 unspecified atom stereocenters. The first-order valence-corrected chi connectivity index (χ1v) is 7.18. The van der Waals surface area contributed by atoms with Crippen molar-refractivity contribution in [2.24, 2.45) is 0 Å². The molecule has 2 rings (SSSR count). The molecule has 0 heterocycles. The van der Waals surface area contributed by atoms with E-state index in [-0.39, 0.29) is 11.5 Å². The van der Waals surface area contributed by atoms with Gasteiger partial charge in [0.25, 0.3) is 0 Å². The van der Waals surface area contributed by atoms with Crippen molar-refractivity contribution in [2.75, 3.05) is 0 Å². The monoisotopic (exact) mass is 270 g/mol. The van der Waals surface area contributed by atoms with Gasteiger partial charge in [-0.25, -0.2) is 0 Å². The van der Waals surface area contributed by atoms with Gasteiger partial charge >= 0.3 is 0 Å². The first-order chi connectivity index (χ1) is 9.61. The molecular formula is C18H22O2. The average Bonchev–Trinajstić information content (AvgIpc) is 2.48. The Labute approximate surface area is 120 Å². The highest BCUT2D eigenvalue weighted by Gasteiger charge is 2.16. The molecule has 0 aliphatic rings. The molecular weight excluding hydrogens is 248 g/mol. The van der Waals surface area contributed by atoms with Crippen molar-refractivity contribution in [3.63, 3.8) is 0 Å². The number of hydrogen-bond acceptors (Lipinski definition) is 2. The van der Waals surface area contributed by atoms with Gasteiger partial charge in [0.2, 0.25) is 0 Å².